The summed E-state index contributed by atoms with van der Waals surface area (Å²) in [7, 11) is 0. The minimum atomic E-state index is 0.309. The molecule has 5 nitrogen and oxygen atoms in total. The summed E-state index contributed by atoms with van der Waals surface area (Å²) in [5.41, 5.74) is 9.24. The molecule has 0 amide bonds. The highest BCUT2D eigenvalue weighted by atomic mass is 16.3. The summed E-state index contributed by atoms with van der Waals surface area (Å²) in [5, 5.41) is 12.3. The zero-order valence-corrected chi connectivity index (χ0v) is 14.4. The first kappa shape index (κ1) is 17.3. The summed E-state index contributed by atoms with van der Waals surface area (Å²) >= 11 is 0. The van der Waals surface area contributed by atoms with Crippen LogP contribution in [0.3, 0.4) is 0 Å². The Labute approximate surface area is 149 Å². The molecule has 0 unspecified atom stereocenters. The molecule has 1 aliphatic rings. The second-order valence-corrected chi connectivity index (χ2v) is 6.47. The highest BCUT2D eigenvalue weighted by molar-refractivity contribution is 5.92. The zero-order chi connectivity index (χ0) is 17.5. The van der Waals surface area contributed by atoms with Crippen molar-refractivity contribution in [2.45, 2.75) is 19.4 Å². The van der Waals surface area contributed by atoms with Crippen LogP contribution in [0.25, 0.3) is 0 Å². The molecule has 25 heavy (non-hydrogen) atoms. The number of nitrogens with two attached hydrogens (primary N) is 1. The van der Waals surface area contributed by atoms with Crippen LogP contribution in [-0.2, 0) is 6.54 Å². The number of para-hydroxylation sites is 1. The van der Waals surface area contributed by atoms with E-state index in [0.29, 0.717) is 25.0 Å². The summed E-state index contributed by atoms with van der Waals surface area (Å²) in [6, 6.07) is 18.3. The van der Waals surface area contributed by atoms with E-state index in [4.69, 9.17) is 5.73 Å². The maximum atomic E-state index is 9.23. The number of hydrogen-bond donors (Lipinski definition) is 3. The molecule has 5 heteroatoms. The van der Waals surface area contributed by atoms with Crippen molar-refractivity contribution in [2.24, 2.45) is 16.6 Å². The number of hydrogen-bond acceptors (Lipinski definition) is 3. The fourth-order valence-electron chi connectivity index (χ4n) is 3.07. The SMILES string of the molecule is NC(=NCc1ccc(N2CCC(CO)CC2)cc1)Nc1ccccc1. The van der Waals surface area contributed by atoms with E-state index in [1.54, 1.807) is 0 Å². The van der Waals surface area contributed by atoms with E-state index in [0.717, 1.165) is 37.2 Å². The maximum absolute atomic E-state index is 9.23. The van der Waals surface area contributed by atoms with Gasteiger partial charge in [0.1, 0.15) is 0 Å². The van der Waals surface area contributed by atoms with Crippen LogP contribution in [0.1, 0.15) is 18.4 Å². The fourth-order valence-corrected chi connectivity index (χ4v) is 3.07. The third kappa shape index (κ3) is 4.97. The molecule has 0 aliphatic carbocycles. The Morgan fingerprint density at radius 1 is 1.08 bits per heavy atom. The van der Waals surface area contributed by atoms with Crippen LogP contribution in [0, 0.1) is 5.92 Å². The molecular weight excluding hydrogens is 312 g/mol. The number of aliphatic imine (C=N–C) groups is 1. The van der Waals surface area contributed by atoms with Gasteiger partial charge in [0.15, 0.2) is 5.96 Å². The number of guanidine groups is 1. The number of anilines is 2. The van der Waals surface area contributed by atoms with Crippen molar-refractivity contribution < 1.29 is 5.11 Å². The third-order valence-corrected chi connectivity index (χ3v) is 4.65. The lowest BCUT2D eigenvalue weighted by molar-refractivity contribution is 0.203. The number of nitrogens with zero attached hydrogens (tertiary/aromatic N) is 2. The molecule has 0 bridgehead atoms. The molecule has 1 saturated heterocycles. The zero-order valence-electron chi connectivity index (χ0n) is 14.4. The van der Waals surface area contributed by atoms with Gasteiger partial charge in [0.25, 0.3) is 0 Å². The predicted molar refractivity (Wildman–Crippen MR) is 104 cm³/mol. The topological polar surface area (TPSA) is 73.9 Å². The third-order valence-electron chi connectivity index (χ3n) is 4.65. The van der Waals surface area contributed by atoms with E-state index in [1.807, 2.05) is 30.3 Å². The highest BCUT2D eigenvalue weighted by Crippen LogP contribution is 2.23. The fraction of sp³-hybridized carbons (Fsp3) is 0.350. The molecule has 0 radical (unpaired) electrons. The standard InChI is InChI=1S/C20H26N4O/c21-20(23-18-4-2-1-3-5-18)22-14-16-6-8-19(9-7-16)24-12-10-17(15-25)11-13-24/h1-9,17,25H,10-15H2,(H3,21,22,23). The molecule has 1 aliphatic heterocycles. The van der Waals surface area contributed by atoms with Crippen LogP contribution >= 0.6 is 0 Å². The Kier molecular flexibility index (Phi) is 5.90. The largest absolute Gasteiger partial charge is 0.396 e. The number of piperidine rings is 1. The van der Waals surface area contributed by atoms with Crippen molar-refractivity contribution in [1.29, 1.82) is 0 Å². The van der Waals surface area contributed by atoms with E-state index in [9.17, 15) is 5.11 Å². The monoisotopic (exact) mass is 338 g/mol. The van der Waals surface area contributed by atoms with Gasteiger partial charge in [-0.2, -0.15) is 0 Å². The minimum Gasteiger partial charge on any atom is -0.396 e. The smallest absolute Gasteiger partial charge is 0.193 e. The number of aliphatic hydroxyl groups excluding tert-OH is 1. The molecule has 0 saturated carbocycles. The molecule has 0 atom stereocenters. The maximum Gasteiger partial charge on any atom is 0.193 e. The number of aliphatic hydroxyl groups is 1. The van der Waals surface area contributed by atoms with Gasteiger partial charge in [-0.3, -0.25) is 0 Å². The Balaban J connectivity index is 1.53. The van der Waals surface area contributed by atoms with Gasteiger partial charge in [0.05, 0.1) is 6.54 Å². The number of benzene rings is 2. The Bertz CT molecular complexity index is 677. The molecule has 1 fully saturated rings. The summed E-state index contributed by atoms with van der Waals surface area (Å²) in [6.45, 7) is 2.88. The van der Waals surface area contributed by atoms with E-state index in [-0.39, 0.29) is 0 Å². The summed E-state index contributed by atoms with van der Waals surface area (Å²) in [5.74, 6) is 0.881. The Morgan fingerprint density at radius 3 is 2.40 bits per heavy atom. The van der Waals surface area contributed by atoms with Crippen molar-refractivity contribution >= 4 is 17.3 Å². The molecule has 0 spiro atoms. The van der Waals surface area contributed by atoms with Crippen molar-refractivity contribution in [3.63, 3.8) is 0 Å². The van der Waals surface area contributed by atoms with Crippen LogP contribution in [0.5, 0.6) is 0 Å². The first-order valence-electron chi connectivity index (χ1n) is 8.81. The second-order valence-electron chi connectivity index (χ2n) is 6.47. The van der Waals surface area contributed by atoms with Crippen LogP contribution in [0.15, 0.2) is 59.6 Å². The van der Waals surface area contributed by atoms with Crippen LogP contribution in [0.4, 0.5) is 11.4 Å². The molecule has 3 rings (SSSR count). The molecule has 2 aromatic rings. The first-order chi connectivity index (χ1) is 12.2. The van der Waals surface area contributed by atoms with E-state index < -0.39 is 0 Å². The lowest BCUT2D eigenvalue weighted by Gasteiger charge is -2.32. The van der Waals surface area contributed by atoms with Gasteiger partial charge in [-0.15, -0.1) is 0 Å². The van der Waals surface area contributed by atoms with Crippen molar-refractivity contribution in [2.75, 3.05) is 29.9 Å². The van der Waals surface area contributed by atoms with Crippen LogP contribution < -0.4 is 16.0 Å². The molecule has 2 aromatic carbocycles. The second kappa shape index (κ2) is 8.53. The molecule has 132 valence electrons. The van der Waals surface area contributed by atoms with Gasteiger partial charge in [-0.05, 0) is 48.6 Å². The van der Waals surface area contributed by atoms with Crippen LogP contribution in [-0.4, -0.2) is 30.8 Å². The summed E-state index contributed by atoms with van der Waals surface area (Å²) in [6.07, 6.45) is 2.12. The van der Waals surface area contributed by atoms with Gasteiger partial charge >= 0.3 is 0 Å². The summed E-state index contributed by atoms with van der Waals surface area (Å²) < 4.78 is 0. The average molecular weight is 338 g/mol. The van der Waals surface area contributed by atoms with E-state index in [1.165, 1.54) is 5.69 Å². The quantitative estimate of drug-likeness (QED) is 0.579. The summed E-state index contributed by atoms with van der Waals surface area (Å²) in [4.78, 5) is 6.77. The Morgan fingerprint density at radius 2 is 1.76 bits per heavy atom. The first-order valence-corrected chi connectivity index (χ1v) is 8.81. The van der Waals surface area contributed by atoms with Crippen molar-refractivity contribution in [3.8, 4) is 0 Å². The minimum absolute atomic E-state index is 0.309. The number of rotatable bonds is 5. The van der Waals surface area contributed by atoms with E-state index in [2.05, 4.69) is 39.5 Å². The molecule has 4 N–H and O–H groups in total. The van der Waals surface area contributed by atoms with Gasteiger partial charge in [0.2, 0.25) is 0 Å². The van der Waals surface area contributed by atoms with Crippen molar-refractivity contribution in [3.05, 3.63) is 60.2 Å². The molecule has 0 aromatic heterocycles. The predicted octanol–water partition coefficient (Wildman–Crippen LogP) is 2.82. The Hall–Kier alpha value is -2.53. The van der Waals surface area contributed by atoms with Crippen LogP contribution in [0.2, 0.25) is 0 Å². The lowest BCUT2D eigenvalue weighted by atomic mass is 9.97. The lowest BCUT2D eigenvalue weighted by Crippen LogP contribution is -2.34. The van der Waals surface area contributed by atoms with Gasteiger partial charge in [0, 0.05) is 31.1 Å². The van der Waals surface area contributed by atoms with Crippen molar-refractivity contribution in [1.82, 2.24) is 0 Å². The van der Waals surface area contributed by atoms with Gasteiger partial charge < -0.3 is 21.1 Å². The molecular formula is C20H26N4O. The highest BCUT2D eigenvalue weighted by Gasteiger charge is 2.18. The van der Waals surface area contributed by atoms with E-state index >= 15 is 0 Å². The number of nitrogens with one attached hydrogen (secondary N) is 1. The van der Waals surface area contributed by atoms with Gasteiger partial charge in [-0.25, -0.2) is 4.99 Å². The van der Waals surface area contributed by atoms with Gasteiger partial charge in [-0.1, -0.05) is 30.3 Å². The molecule has 1 heterocycles. The normalized spacial score (nSPS) is 16.0. The average Bonchev–Trinajstić information content (AvgIpc) is 2.68.